The fourth-order valence-corrected chi connectivity index (χ4v) is 2.80. The summed E-state index contributed by atoms with van der Waals surface area (Å²) in [5, 5.41) is 2.96. The second-order valence-electron chi connectivity index (χ2n) is 6.09. The molecular weight excluding hydrogens is 358 g/mol. The third-order valence-electron chi connectivity index (χ3n) is 4.23. The summed E-state index contributed by atoms with van der Waals surface area (Å²) in [5.41, 5.74) is 2.52. The van der Waals surface area contributed by atoms with E-state index in [1.807, 2.05) is 44.2 Å². The maximum Gasteiger partial charge on any atom is 0.251 e. The Labute approximate surface area is 166 Å². The Morgan fingerprint density at radius 1 is 0.929 bits per heavy atom. The highest BCUT2D eigenvalue weighted by Gasteiger charge is 2.11. The average molecular weight is 387 g/mol. The zero-order chi connectivity index (χ0) is 20.4. The zero-order valence-electron chi connectivity index (χ0n) is 17.0. The molecule has 0 aromatic heterocycles. The highest BCUT2D eigenvalue weighted by molar-refractivity contribution is 5.94. The topological polar surface area (TPSA) is 66.0 Å². The molecule has 0 unspecified atom stereocenters. The summed E-state index contributed by atoms with van der Waals surface area (Å²) >= 11 is 0. The largest absolute Gasteiger partial charge is 0.494 e. The Balaban J connectivity index is 1.98. The van der Waals surface area contributed by atoms with Crippen LogP contribution in [-0.4, -0.2) is 39.9 Å². The molecule has 0 spiro atoms. The van der Waals surface area contributed by atoms with E-state index in [2.05, 4.69) is 5.32 Å². The first kappa shape index (κ1) is 21.6. The molecule has 152 valence electrons. The van der Waals surface area contributed by atoms with Gasteiger partial charge in [0.1, 0.15) is 5.75 Å². The van der Waals surface area contributed by atoms with Crippen molar-refractivity contribution in [2.75, 3.05) is 34.0 Å². The summed E-state index contributed by atoms with van der Waals surface area (Å²) in [6.45, 7) is 5.97. The molecule has 28 heavy (non-hydrogen) atoms. The van der Waals surface area contributed by atoms with Gasteiger partial charge in [-0.05, 0) is 56.2 Å². The molecule has 0 atom stereocenters. The van der Waals surface area contributed by atoms with Crippen LogP contribution in [0.1, 0.15) is 35.3 Å². The van der Waals surface area contributed by atoms with Gasteiger partial charge in [-0.3, -0.25) is 4.79 Å². The minimum atomic E-state index is -0.124. The van der Waals surface area contributed by atoms with Crippen molar-refractivity contribution in [3.63, 3.8) is 0 Å². The Bertz CT molecular complexity index is 776. The fraction of sp³-hybridized carbons (Fsp3) is 0.409. The number of methoxy groups -OCH3 is 2. The van der Waals surface area contributed by atoms with Crippen molar-refractivity contribution in [2.24, 2.45) is 0 Å². The molecule has 1 amide bonds. The van der Waals surface area contributed by atoms with Crippen molar-refractivity contribution in [2.45, 2.75) is 26.9 Å². The Kier molecular flexibility index (Phi) is 8.62. The van der Waals surface area contributed by atoms with Crippen LogP contribution in [-0.2, 0) is 17.8 Å². The van der Waals surface area contributed by atoms with Gasteiger partial charge in [0.2, 0.25) is 0 Å². The predicted molar refractivity (Wildman–Crippen MR) is 109 cm³/mol. The molecule has 0 bridgehead atoms. The smallest absolute Gasteiger partial charge is 0.251 e. The van der Waals surface area contributed by atoms with Crippen LogP contribution in [0.4, 0.5) is 0 Å². The van der Waals surface area contributed by atoms with Gasteiger partial charge in [-0.2, -0.15) is 0 Å². The third kappa shape index (κ3) is 5.89. The molecule has 2 aromatic carbocycles. The van der Waals surface area contributed by atoms with E-state index in [0.29, 0.717) is 49.8 Å². The minimum absolute atomic E-state index is 0.124. The first-order chi connectivity index (χ1) is 13.6. The molecule has 0 aliphatic heterocycles. The van der Waals surface area contributed by atoms with Crippen LogP contribution in [0.25, 0.3) is 0 Å². The standard InChI is InChI=1S/C22H29NO5/c1-5-27-15-18-14-17(8-10-19(18)28-6-2)22(24)23-12-11-16-7-9-20(25-3)21(13-16)26-4/h7-10,13-14H,5-6,11-12,15H2,1-4H3,(H,23,24). The molecule has 0 saturated heterocycles. The lowest BCUT2D eigenvalue weighted by Crippen LogP contribution is -2.25. The number of benzene rings is 2. The second-order valence-corrected chi connectivity index (χ2v) is 6.09. The van der Waals surface area contributed by atoms with Crippen LogP contribution in [0, 0.1) is 0 Å². The van der Waals surface area contributed by atoms with Gasteiger partial charge in [0.15, 0.2) is 11.5 Å². The zero-order valence-corrected chi connectivity index (χ0v) is 17.0. The predicted octanol–water partition coefficient (Wildman–Crippen LogP) is 3.61. The van der Waals surface area contributed by atoms with Crippen molar-refractivity contribution in [3.8, 4) is 17.2 Å². The summed E-state index contributed by atoms with van der Waals surface area (Å²) < 4.78 is 21.7. The Morgan fingerprint density at radius 3 is 2.36 bits per heavy atom. The van der Waals surface area contributed by atoms with E-state index in [4.69, 9.17) is 18.9 Å². The number of hydrogen-bond donors (Lipinski definition) is 1. The van der Waals surface area contributed by atoms with Crippen LogP contribution in [0.3, 0.4) is 0 Å². The van der Waals surface area contributed by atoms with Crippen LogP contribution in [0.5, 0.6) is 17.2 Å². The van der Waals surface area contributed by atoms with E-state index >= 15 is 0 Å². The van der Waals surface area contributed by atoms with E-state index in [0.717, 1.165) is 16.9 Å². The van der Waals surface area contributed by atoms with E-state index in [9.17, 15) is 4.79 Å². The summed E-state index contributed by atoms with van der Waals surface area (Å²) in [5.74, 6) is 1.99. The normalized spacial score (nSPS) is 10.4. The lowest BCUT2D eigenvalue weighted by atomic mass is 10.1. The van der Waals surface area contributed by atoms with Gasteiger partial charge in [-0.1, -0.05) is 6.07 Å². The number of carbonyl (C=O) groups excluding carboxylic acids is 1. The SMILES string of the molecule is CCOCc1cc(C(=O)NCCc2ccc(OC)c(OC)c2)ccc1OCC. The molecule has 0 aliphatic rings. The number of amides is 1. The van der Waals surface area contributed by atoms with E-state index in [-0.39, 0.29) is 5.91 Å². The molecule has 0 aliphatic carbocycles. The monoisotopic (exact) mass is 387 g/mol. The van der Waals surface area contributed by atoms with Gasteiger partial charge in [0.05, 0.1) is 27.4 Å². The summed E-state index contributed by atoms with van der Waals surface area (Å²) in [7, 11) is 3.21. The van der Waals surface area contributed by atoms with Crippen LogP contribution in [0.15, 0.2) is 36.4 Å². The lowest BCUT2D eigenvalue weighted by molar-refractivity contribution is 0.0953. The number of carbonyl (C=O) groups is 1. The summed E-state index contributed by atoms with van der Waals surface area (Å²) in [6.07, 6.45) is 0.689. The molecule has 0 fully saturated rings. The second kappa shape index (κ2) is 11.2. The molecule has 2 aromatic rings. The van der Waals surface area contributed by atoms with Crippen molar-refractivity contribution in [3.05, 3.63) is 53.1 Å². The molecule has 0 heterocycles. The van der Waals surface area contributed by atoms with Crippen LogP contribution in [0.2, 0.25) is 0 Å². The van der Waals surface area contributed by atoms with Gasteiger partial charge in [-0.15, -0.1) is 0 Å². The summed E-state index contributed by atoms with van der Waals surface area (Å²) in [6, 6.07) is 11.2. The van der Waals surface area contributed by atoms with Gasteiger partial charge >= 0.3 is 0 Å². The molecule has 0 radical (unpaired) electrons. The van der Waals surface area contributed by atoms with E-state index in [1.54, 1.807) is 20.3 Å². The van der Waals surface area contributed by atoms with Crippen LogP contribution < -0.4 is 19.5 Å². The maximum absolute atomic E-state index is 12.5. The Hall–Kier alpha value is -2.73. The minimum Gasteiger partial charge on any atom is -0.494 e. The van der Waals surface area contributed by atoms with Crippen molar-refractivity contribution in [1.29, 1.82) is 0 Å². The average Bonchev–Trinajstić information content (AvgIpc) is 2.72. The third-order valence-corrected chi connectivity index (χ3v) is 4.23. The van der Waals surface area contributed by atoms with Gasteiger partial charge in [0.25, 0.3) is 5.91 Å². The van der Waals surface area contributed by atoms with Gasteiger partial charge < -0.3 is 24.3 Å². The number of ether oxygens (including phenoxy) is 4. The maximum atomic E-state index is 12.5. The molecule has 2 rings (SSSR count). The summed E-state index contributed by atoms with van der Waals surface area (Å²) in [4.78, 5) is 12.5. The quantitative estimate of drug-likeness (QED) is 0.638. The first-order valence-electron chi connectivity index (χ1n) is 9.45. The molecule has 0 saturated carbocycles. The number of rotatable bonds is 11. The number of hydrogen-bond acceptors (Lipinski definition) is 5. The fourth-order valence-electron chi connectivity index (χ4n) is 2.80. The van der Waals surface area contributed by atoms with E-state index in [1.165, 1.54) is 0 Å². The van der Waals surface area contributed by atoms with E-state index < -0.39 is 0 Å². The lowest BCUT2D eigenvalue weighted by Gasteiger charge is -2.13. The van der Waals surface area contributed by atoms with Gasteiger partial charge in [-0.25, -0.2) is 0 Å². The first-order valence-corrected chi connectivity index (χ1v) is 9.45. The highest BCUT2D eigenvalue weighted by Crippen LogP contribution is 2.27. The number of nitrogens with one attached hydrogen (secondary N) is 1. The van der Waals surface area contributed by atoms with Gasteiger partial charge in [0, 0.05) is 24.3 Å². The Morgan fingerprint density at radius 2 is 1.68 bits per heavy atom. The van der Waals surface area contributed by atoms with Crippen molar-refractivity contribution in [1.82, 2.24) is 5.32 Å². The van der Waals surface area contributed by atoms with Crippen LogP contribution >= 0.6 is 0 Å². The van der Waals surface area contributed by atoms with Crippen molar-refractivity contribution >= 4 is 5.91 Å². The highest BCUT2D eigenvalue weighted by atomic mass is 16.5. The van der Waals surface area contributed by atoms with Crippen molar-refractivity contribution < 1.29 is 23.7 Å². The molecular formula is C22H29NO5. The molecule has 1 N–H and O–H groups in total. The molecule has 6 heteroatoms. The molecule has 6 nitrogen and oxygen atoms in total.